The molecule has 0 aliphatic carbocycles. The molecule has 0 bridgehead atoms. The Bertz CT molecular complexity index is 857. The minimum absolute atomic E-state index is 0.736. The highest BCUT2D eigenvalue weighted by molar-refractivity contribution is 5.90. The highest BCUT2D eigenvalue weighted by Gasteiger charge is 2.15. The normalized spacial score (nSPS) is 16.0. The number of likely N-dealkylation sites (tertiary alicyclic amines) is 1. The maximum absolute atomic E-state index is 4.80. The first kappa shape index (κ1) is 16.9. The van der Waals surface area contributed by atoms with Crippen molar-refractivity contribution in [2.24, 2.45) is 5.92 Å². The Morgan fingerprint density at radius 1 is 1.04 bits per heavy atom. The molecule has 5 nitrogen and oxygen atoms in total. The molecule has 1 aliphatic rings. The van der Waals surface area contributed by atoms with Gasteiger partial charge in [0.2, 0.25) is 0 Å². The van der Waals surface area contributed by atoms with Gasteiger partial charge >= 0.3 is 0 Å². The van der Waals surface area contributed by atoms with E-state index in [1.54, 1.807) is 12.4 Å². The fraction of sp³-hybridized carbons (Fsp3) is 0.381. The largest absolute Gasteiger partial charge is 0.368 e. The van der Waals surface area contributed by atoms with Gasteiger partial charge in [-0.2, -0.15) is 0 Å². The topological polar surface area (TPSA) is 53.9 Å². The number of nitrogens with zero attached hydrogens (tertiary/aromatic N) is 4. The van der Waals surface area contributed by atoms with E-state index in [2.05, 4.69) is 28.2 Å². The Kier molecular flexibility index (Phi) is 5.07. The van der Waals surface area contributed by atoms with Crippen molar-refractivity contribution in [1.82, 2.24) is 19.9 Å². The molecule has 0 unspecified atom stereocenters. The van der Waals surface area contributed by atoms with Crippen LogP contribution in [0.15, 0.2) is 48.8 Å². The molecule has 3 aromatic rings. The first-order valence-corrected chi connectivity index (χ1v) is 9.43. The van der Waals surface area contributed by atoms with Crippen LogP contribution in [0.3, 0.4) is 0 Å². The van der Waals surface area contributed by atoms with E-state index in [1.165, 1.54) is 25.9 Å². The van der Waals surface area contributed by atoms with Crippen LogP contribution >= 0.6 is 0 Å². The molecule has 1 aromatic carbocycles. The van der Waals surface area contributed by atoms with Gasteiger partial charge in [-0.15, -0.1) is 0 Å². The smallest absolute Gasteiger partial charge is 0.162 e. The van der Waals surface area contributed by atoms with Crippen molar-refractivity contribution in [2.45, 2.75) is 19.8 Å². The van der Waals surface area contributed by atoms with Crippen molar-refractivity contribution >= 4 is 16.7 Å². The Labute approximate surface area is 154 Å². The van der Waals surface area contributed by atoms with Gasteiger partial charge in [0, 0.05) is 36.4 Å². The van der Waals surface area contributed by atoms with Crippen LogP contribution in [0.5, 0.6) is 0 Å². The number of hydrogen-bond acceptors (Lipinski definition) is 5. The molecule has 4 rings (SSSR count). The average Bonchev–Trinajstić information content (AvgIpc) is 2.70. The van der Waals surface area contributed by atoms with Gasteiger partial charge in [0.05, 0.1) is 5.52 Å². The number of fused-ring (bicyclic) bond motifs is 1. The number of piperidine rings is 1. The lowest BCUT2D eigenvalue weighted by molar-refractivity contribution is 0.199. The van der Waals surface area contributed by atoms with Gasteiger partial charge in [-0.05, 0) is 56.1 Å². The van der Waals surface area contributed by atoms with Gasteiger partial charge < -0.3 is 10.2 Å². The van der Waals surface area contributed by atoms with Crippen LogP contribution in [0.4, 0.5) is 5.82 Å². The van der Waals surface area contributed by atoms with E-state index >= 15 is 0 Å². The zero-order valence-electron chi connectivity index (χ0n) is 15.2. The van der Waals surface area contributed by atoms with E-state index in [0.29, 0.717) is 0 Å². The first-order chi connectivity index (χ1) is 12.8. The molecule has 1 aliphatic heterocycles. The molecule has 0 spiro atoms. The second-order valence-corrected chi connectivity index (χ2v) is 7.10. The lowest BCUT2D eigenvalue weighted by atomic mass is 9.99. The number of benzene rings is 1. The summed E-state index contributed by atoms with van der Waals surface area (Å²) in [6, 6.07) is 12.1. The molecule has 1 N–H and O–H groups in total. The summed E-state index contributed by atoms with van der Waals surface area (Å²) < 4.78 is 0. The van der Waals surface area contributed by atoms with Gasteiger partial charge in [-0.3, -0.25) is 4.98 Å². The summed E-state index contributed by atoms with van der Waals surface area (Å²) >= 11 is 0. The van der Waals surface area contributed by atoms with Gasteiger partial charge in [0.15, 0.2) is 5.82 Å². The summed E-state index contributed by atoms with van der Waals surface area (Å²) in [5.41, 5.74) is 1.95. The zero-order chi connectivity index (χ0) is 17.8. The molecular formula is C21H25N5. The molecule has 26 heavy (non-hydrogen) atoms. The number of para-hydroxylation sites is 1. The molecule has 5 heteroatoms. The summed E-state index contributed by atoms with van der Waals surface area (Å²) in [7, 11) is 0. The van der Waals surface area contributed by atoms with E-state index in [9.17, 15) is 0 Å². The van der Waals surface area contributed by atoms with Crippen molar-refractivity contribution in [3.63, 3.8) is 0 Å². The predicted molar refractivity (Wildman–Crippen MR) is 106 cm³/mol. The highest BCUT2D eigenvalue weighted by atomic mass is 15.2. The summed E-state index contributed by atoms with van der Waals surface area (Å²) in [6.07, 6.45) is 6.17. The van der Waals surface area contributed by atoms with E-state index in [0.717, 1.165) is 47.1 Å². The summed E-state index contributed by atoms with van der Waals surface area (Å²) in [5.74, 6) is 2.51. The van der Waals surface area contributed by atoms with Crippen LogP contribution in [0, 0.1) is 5.92 Å². The first-order valence-electron chi connectivity index (χ1n) is 9.43. The van der Waals surface area contributed by atoms with Crippen molar-refractivity contribution in [2.75, 3.05) is 31.5 Å². The molecule has 0 amide bonds. The van der Waals surface area contributed by atoms with Crippen molar-refractivity contribution in [1.29, 1.82) is 0 Å². The quantitative estimate of drug-likeness (QED) is 0.760. The molecule has 1 fully saturated rings. The van der Waals surface area contributed by atoms with Crippen LogP contribution in [0.1, 0.15) is 19.8 Å². The SMILES string of the molecule is CC1CCN(CCNc2nc(-c3ccncc3)nc3ccccc23)CC1. The van der Waals surface area contributed by atoms with E-state index in [4.69, 9.17) is 9.97 Å². The monoisotopic (exact) mass is 347 g/mol. The fourth-order valence-corrected chi connectivity index (χ4v) is 3.46. The van der Waals surface area contributed by atoms with Crippen LogP contribution in [-0.4, -0.2) is 46.0 Å². The Balaban J connectivity index is 1.53. The Morgan fingerprint density at radius 2 is 1.81 bits per heavy atom. The molecule has 0 saturated carbocycles. The third-order valence-corrected chi connectivity index (χ3v) is 5.14. The van der Waals surface area contributed by atoms with Gasteiger partial charge in [-0.1, -0.05) is 19.1 Å². The minimum Gasteiger partial charge on any atom is -0.368 e. The fourth-order valence-electron chi connectivity index (χ4n) is 3.46. The Hall–Kier alpha value is -2.53. The molecular weight excluding hydrogens is 322 g/mol. The van der Waals surface area contributed by atoms with Crippen LogP contribution < -0.4 is 5.32 Å². The highest BCUT2D eigenvalue weighted by Crippen LogP contribution is 2.24. The molecule has 2 aromatic heterocycles. The number of anilines is 1. The number of hydrogen-bond donors (Lipinski definition) is 1. The molecule has 134 valence electrons. The van der Waals surface area contributed by atoms with E-state index in [-0.39, 0.29) is 0 Å². The number of pyridine rings is 1. The third kappa shape index (κ3) is 3.83. The van der Waals surface area contributed by atoms with E-state index in [1.807, 2.05) is 30.3 Å². The maximum Gasteiger partial charge on any atom is 0.162 e. The van der Waals surface area contributed by atoms with Crippen molar-refractivity contribution < 1.29 is 0 Å². The molecule has 3 heterocycles. The van der Waals surface area contributed by atoms with Gasteiger partial charge in [0.25, 0.3) is 0 Å². The lowest BCUT2D eigenvalue weighted by Gasteiger charge is -2.30. The second-order valence-electron chi connectivity index (χ2n) is 7.10. The number of rotatable bonds is 5. The second kappa shape index (κ2) is 7.79. The number of nitrogens with one attached hydrogen (secondary N) is 1. The summed E-state index contributed by atoms with van der Waals surface area (Å²) in [5, 5.41) is 4.62. The van der Waals surface area contributed by atoms with E-state index < -0.39 is 0 Å². The standard InChI is InChI=1S/C21H25N5/c1-16-8-13-26(14-9-16)15-12-23-21-18-4-2-3-5-19(18)24-20(25-21)17-6-10-22-11-7-17/h2-7,10-11,16H,8-9,12-15H2,1H3,(H,23,24,25). The van der Waals surface area contributed by atoms with Gasteiger partial charge in [0.1, 0.15) is 5.82 Å². The average molecular weight is 347 g/mol. The zero-order valence-corrected chi connectivity index (χ0v) is 15.2. The number of aromatic nitrogens is 3. The van der Waals surface area contributed by atoms with Crippen LogP contribution in [0.25, 0.3) is 22.3 Å². The lowest BCUT2D eigenvalue weighted by Crippen LogP contribution is -2.36. The molecule has 0 atom stereocenters. The predicted octanol–water partition coefficient (Wildman–Crippen LogP) is 3.84. The summed E-state index contributed by atoms with van der Waals surface area (Å²) in [6.45, 7) is 6.70. The van der Waals surface area contributed by atoms with Crippen LogP contribution in [-0.2, 0) is 0 Å². The molecule has 1 saturated heterocycles. The Morgan fingerprint density at radius 3 is 2.62 bits per heavy atom. The van der Waals surface area contributed by atoms with Crippen molar-refractivity contribution in [3.8, 4) is 11.4 Å². The maximum atomic E-state index is 4.80. The molecule has 0 radical (unpaired) electrons. The van der Waals surface area contributed by atoms with Crippen LogP contribution in [0.2, 0.25) is 0 Å². The third-order valence-electron chi connectivity index (χ3n) is 5.14. The summed E-state index contributed by atoms with van der Waals surface area (Å²) in [4.78, 5) is 16.1. The van der Waals surface area contributed by atoms with Gasteiger partial charge in [-0.25, -0.2) is 9.97 Å². The minimum atomic E-state index is 0.736. The van der Waals surface area contributed by atoms with Crippen molar-refractivity contribution in [3.05, 3.63) is 48.8 Å².